The summed E-state index contributed by atoms with van der Waals surface area (Å²) in [5, 5.41) is 0. The van der Waals surface area contributed by atoms with Gasteiger partial charge in [0.1, 0.15) is 5.78 Å². The van der Waals surface area contributed by atoms with Gasteiger partial charge in [0.25, 0.3) is 0 Å². The molecule has 1 aromatic rings. The molecule has 1 aliphatic rings. The van der Waals surface area contributed by atoms with Gasteiger partial charge in [0.15, 0.2) is 0 Å². The molecule has 2 rings (SSSR count). The summed E-state index contributed by atoms with van der Waals surface area (Å²) >= 11 is 0. The number of benzene rings is 1. The first-order chi connectivity index (χ1) is 6.68. The highest BCUT2D eigenvalue weighted by Gasteiger charge is 2.38. The number of carbonyl (C=O) groups excluding carboxylic acids is 1. The minimum absolute atomic E-state index is 0.226. The highest BCUT2D eigenvalue weighted by atomic mass is 16.1. The maximum Gasteiger partial charge on any atom is 0.140 e. The monoisotopic (exact) mass is 186 g/mol. The number of Topliss-reactive ketones (excluding diaryl/α,β-unsaturated/α-hetero) is 1. The lowest BCUT2D eigenvalue weighted by Crippen LogP contribution is -2.27. The van der Waals surface area contributed by atoms with Crippen LogP contribution in [0.25, 0.3) is 0 Å². The first kappa shape index (κ1) is 9.20. The van der Waals surface area contributed by atoms with E-state index in [2.05, 4.69) is 18.7 Å². The van der Waals surface area contributed by atoms with Gasteiger partial charge in [-0.15, -0.1) is 6.58 Å². The van der Waals surface area contributed by atoms with Crippen LogP contribution >= 0.6 is 0 Å². The molecule has 0 radical (unpaired) electrons. The lowest BCUT2D eigenvalue weighted by molar-refractivity contribution is -0.123. The van der Waals surface area contributed by atoms with E-state index in [0.717, 1.165) is 12.8 Å². The lowest BCUT2D eigenvalue weighted by atomic mass is 9.81. The maximum absolute atomic E-state index is 11.6. The van der Waals surface area contributed by atoms with Crippen LogP contribution in [-0.2, 0) is 17.6 Å². The Morgan fingerprint density at radius 1 is 1.36 bits per heavy atom. The maximum atomic E-state index is 11.6. The molecule has 14 heavy (non-hydrogen) atoms. The van der Waals surface area contributed by atoms with E-state index in [9.17, 15) is 4.79 Å². The molecule has 0 bridgehead atoms. The Hall–Kier alpha value is -1.37. The summed E-state index contributed by atoms with van der Waals surface area (Å²) in [6.07, 6.45) is 3.46. The fraction of sp³-hybridized carbons (Fsp3) is 0.308. The Labute approximate surface area is 84.5 Å². The van der Waals surface area contributed by atoms with Gasteiger partial charge in [-0.2, -0.15) is 0 Å². The second-order valence-electron chi connectivity index (χ2n) is 4.04. The van der Waals surface area contributed by atoms with Crippen molar-refractivity contribution in [2.24, 2.45) is 5.41 Å². The lowest BCUT2D eigenvalue weighted by Gasteiger charge is -2.20. The van der Waals surface area contributed by atoms with E-state index in [1.807, 2.05) is 18.2 Å². The van der Waals surface area contributed by atoms with Crippen molar-refractivity contribution in [3.05, 3.63) is 48.0 Å². The predicted octanol–water partition coefficient (Wildman–Crippen LogP) is 2.55. The van der Waals surface area contributed by atoms with E-state index in [1.54, 1.807) is 6.92 Å². The molecule has 1 aromatic carbocycles. The highest BCUT2D eigenvalue weighted by Crippen LogP contribution is 2.38. The second kappa shape index (κ2) is 3.09. The van der Waals surface area contributed by atoms with E-state index >= 15 is 0 Å². The van der Waals surface area contributed by atoms with Crippen molar-refractivity contribution in [3.8, 4) is 0 Å². The van der Waals surface area contributed by atoms with E-state index in [0.29, 0.717) is 0 Å². The normalized spacial score (nSPS) is 17.5. The predicted molar refractivity (Wildman–Crippen MR) is 57.2 cm³/mol. The SMILES string of the molecule is C=CC1(C(C)=O)Cc2ccccc2C1. The fourth-order valence-corrected chi connectivity index (χ4v) is 2.18. The zero-order valence-electron chi connectivity index (χ0n) is 8.42. The van der Waals surface area contributed by atoms with Gasteiger partial charge >= 0.3 is 0 Å². The standard InChI is InChI=1S/C13H14O/c1-3-13(10(2)14)8-11-6-4-5-7-12(11)9-13/h3-7H,1,8-9H2,2H3. The summed E-state index contributed by atoms with van der Waals surface area (Å²) in [5.41, 5.74) is 2.26. The molecule has 0 aliphatic heterocycles. The number of hydrogen-bond donors (Lipinski definition) is 0. The fourth-order valence-electron chi connectivity index (χ4n) is 2.18. The summed E-state index contributed by atoms with van der Waals surface area (Å²) in [7, 11) is 0. The van der Waals surface area contributed by atoms with Crippen LogP contribution in [0.1, 0.15) is 18.1 Å². The van der Waals surface area contributed by atoms with Crippen molar-refractivity contribution in [1.82, 2.24) is 0 Å². The minimum atomic E-state index is -0.330. The largest absolute Gasteiger partial charge is 0.299 e. The molecule has 0 atom stereocenters. The van der Waals surface area contributed by atoms with Crippen molar-refractivity contribution in [3.63, 3.8) is 0 Å². The number of hydrogen-bond acceptors (Lipinski definition) is 1. The highest BCUT2D eigenvalue weighted by molar-refractivity contribution is 5.86. The molecule has 0 saturated heterocycles. The molecule has 0 aromatic heterocycles. The van der Waals surface area contributed by atoms with E-state index in [-0.39, 0.29) is 11.2 Å². The average Bonchev–Trinajstić information content (AvgIpc) is 2.57. The third-order valence-corrected chi connectivity index (χ3v) is 3.22. The average molecular weight is 186 g/mol. The van der Waals surface area contributed by atoms with Crippen molar-refractivity contribution in [1.29, 1.82) is 0 Å². The number of rotatable bonds is 2. The molecule has 1 heteroatoms. The van der Waals surface area contributed by atoms with E-state index in [1.165, 1.54) is 11.1 Å². The minimum Gasteiger partial charge on any atom is -0.299 e. The van der Waals surface area contributed by atoms with Gasteiger partial charge in [-0.1, -0.05) is 30.3 Å². The molecule has 1 nitrogen and oxygen atoms in total. The van der Waals surface area contributed by atoms with Gasteiger partial charge in [-0.05, 0) is 30.9 Å². The van der Waals surface area contributed by atoms with Crippen molar-refractivity contribution < 1.29 is 4.79 Å². The summed E-state index contributed by atoms with van der Waals surface area (Å²) in [4.78, 5) is 11.6. The summed E-state index contributed by atoms with van der Waals surface area (Å²) in [6, 6.07) is 8.25. The van der Waals surface area contributed by atoms with Gasteiger partial charge in [0, 0.05) is 0 Å². The molecule has 0 unspecified atom stereocenters. The Kier molecular flexibility index (Phi) is 2.03. The van der Waals surface area contributed by atoms with Gasteiger partial charge in [-0.3, -0.25) is 4.79 Å². The van der Waals surface area contributed by atoms with Gasteiger partial charge in [-0.25, -0.2) is 0 Å². The van der Waals surface area contributed by atoms with E-state index < -0.39 is 0 Å². The van der Waals surface area contributed by atoms with Crippen LogP contribution in [0.15, 0.2) is 36.9 Å². The van der Waals surface area contributed by atoms with Crippen molar-refractivity contribution in [2.45, 2.75) is 19.8 Å². The van der Waals surface area contributed by atoms with Crippen LogP contribution < -0.4 is 0 Å². The zero-order valence-corrected chi connectivity index (χ0v) is 8.42. The molecule has 72 valence electrons. The first-order valence-corrected chi connectivity index (χ1v) is 4.89. The molecule has 0 N–H and O–H groups in total. The molecule has 0 heterocycles. The van der Waals surface area contributed by atoms with Crippen LogP contribution in [0.2, 0.25) is 0 Å². The van der Waals surface area contributed by atoms with Gasteiger partial charge in [0.2, 0.25) is 0 Å². The molecular weight excluding hydrogens is 172 g/mol. The molecule has 1 aliphatic carbocycles. The Bertz CT molecular complexity index is 365. The second-order valence-corrected chi connectivity index (χ2v) is 4.04. The molecule has 0 saturated carbocycles. The van der Waals surface area contributed by atoms with Crippen molar-refractivity contribution in [2.75, 3.05) is 0 Å². The quantitative estimate of drug-likeness (QED) is 0.649. The van der Waals surface area contributed by atoms with Gasteiger partial charge in [0.05, 0.1) is 5.41 Å². The molecule has 0 spiro atoms. The first-order valence-electron chi connectivity index (χ1n) is 4.89. The smallest absolute Gasteiger partial charge is 0.140 e. The number of carbonyl (C=O) groups is 1. The Morgan fingerprint density at radius 3 is 2.21 bits per heavy atom. The van der Waals surface area contributed by atoms with Crippen LogP contribution in [0.4, 0.5) is 0 Å². The third-order valence-electron chi connectivity index (χ3n) is 3.22. The summed E-state index contributed by atoms with van der Waals surface area (Å²) in [5.74, 6) is 0.226. The molecule has 0 amide bonds. The van der Waals surface area contributed by atoms with Crippen molar-refractivity contribution >= 4 is 5.78 Å². The summed E-state index contributed by atoms with van der Waals surface area (Å²) in [6.45, 7) is 5.46. The zero-order chi connectivity index (χ0) is 10.2. The van der Waals surface area contributed by atoms with E-state index in [4.69, 9.17) is 0 Å². The van der Waals surface area contributed by atoms with Crippen LogP contribution in [0, 0.1) is 5.41 Å². The number of ketones is 1. The Morgan fingerprint density at radius 2 is 1.86 bits per heavy atom. The third kappa shape index (κ3) is 1.20. The number of allylic oxidation sites excluding steroid dienone is 1. The van der Waals surface area contributed by atoms with Crippen LogP contribution in [0.5, 0.6) is 0 Å². The van der Waals surface area contributed by atoms with Crippen LogP contribution in [-0.4, -0.2) is 5.78 Å². The molecular formula is C13H14O. The van der Waals surface area contributed by atoms with Crippen LogP contribution in [0.3, 0.4) is 0 Å². The Balaban J connectivity index is 2.42. The molecule has 0 fully saturated rings. The number of fused-ring (bicyclic) bond motifs is 1. The summed E-state index contributed by atoms with van der Waals surface area (Å²) < 4.78 is 0. The van der Waals surface area contributed by atoms with Gasteiger partial charge < -0.3 is 0 Å². The topological polar surface area (TPSA) is 17.1 Å².